The molecular weight excluding hydrogens is 396 g/mol. The Labute approximate surface area is 179 Å². The molecule has 0 aliphatic rings. The van der Waals surface area contributed by atoms with Gasteiger partial charge in [-0.15, -0.1) is 0 Å². The molecule has 150 valence electrons. The molecule has 3 aromatic carbocycles. The number of nitrogens with one attached hydrogen (secondary N) is 1. The van der Waals surface area contributed by atoms with E-state index in [1.54, 1.807) is 48.2 Å². The number of nitriles is 1. The zero-order valence-corrected chi connectivity index (χ0v) is 17.4. The number of nitrogens with zero attached hydrogens (tertiary/aromatic N) is 1. The van der Waals surface area contributed by atoms with E-state index in [-0.39, 0.29) is 0 Å². The Kier molecular flexibility index (Phi) is 6.89. The van der Waals surface area contributed by atoms with E-state index < -0.39 is 17.6 Å². The predicted molar refractivity (Wildman–Crippen MR) is 117 cm³/mol. The average molecular weight is 417 g/mol. The molecule has 3 rings (SSSR count). The number of anilines is 1. The van der Waals surface area contributed by atoms with Gasteiger partial charge in [0.2, 0.25) is 5.91 Å². The Balaban J connectivity index is 1.71. The number of aryl methyl sites for hydroxylation is 1. The van der Waals surface area contributed by atoms with E-state index in [0.29, 0.717) is 17.0 Å². The van der Waals surface area contributed by atoms with Crippen molar-refractivity contribution in [2.75, 3.05) is 12.4 Å². The van der Waals surface area contributed by atoms with Gasteiger partial charge >= 0.3 is 0 Å². The first-order valence-corrected chi connectivity index (χ1v) is 10.1. The molecule has 0 spiro atoms. The predicted octanol–water partition coefficient (Wildman–Crippen LogP) is 5.12. The van der Waals surface area contributed by atoms with Gasteiger partial charge in [0.05, 0.1) is 13.2 Å². The molecule has 0 fully saturated rings. The molecule has 1 N–H and O–H groups in total. The Morgan fingerprint density at radius 1 is 1.03 bits per heavy atom. The summed E-state index contributed by atoms with van der Waals surface area (Å²) in [6, 6.07) is 23.5. The van der Waals surface area contributed by atoms with Gasteiger partial charge in [-0.2, -0.15) is 5.26 Å². The number of carbonyl (C=O) groups excluding carboxylic acids is 2. The van der Waals surface area contributed by atoms with Crippen LogP contribution in [0.15, 0.2) is 82.6 Å². The third-order valence-corrected chi connectivity index (χ3v) is 5.64. The van der Waals surface area contributed by atoms with E-state index in [1.807, 2.05) is 49.4 Å². The largest absolute Gasteiger partial charge is 0.497 e. The average Bonchev–Trinajstić information content (AvgIpc) is 2.76. The van der Waals surface area contributed by atoms with Crippen LogP contribution in [0.2, 0.25) is 0 Å². The third-order valence-electron chi connectivity index (χ3n) is 4.45. The summed E-state index contributed by atoms with van der Waals surface area (Å²) in [4.78, 5) is 27.3. The van der Waals surface area contributed by atoms with Crippen LogP contribution in [0.4, 0.5) is 5.69 Å². The van der Waals surface area contributed by atoms with Gasteiger partial charge in [-0.05, 0) is 42.8 Å². The number of methoxy groups -OCH3 is 1. The number of amides is 1. The fraction of sp³-hybridized carbons (Fsp3) is 0.125. The fourth-order valence-corrected chi connectivity index (χ4v) is 3.71. The van der Waals surface area contributed by atoms with Crippen molar-refractivity contribution in [1.82, 2.24) is 0 Å². The Morgan fingerprint density at radius 2 is 1.77 bits per heavy atom. The van der Waals surface area contributed by atoms with Crippen LogP contribution in [0.3, 0.4) is 0 Å². The van der Waals surface area contributed by atoms with Crippen molar-refractivity contribution in [3.8, 4) is 11.8 Å². The summed E-state index contributed by atoms with van der Waals surface area (Å²) < 4.78 is 5.12. The van der Waals surface area contributed by atoms with Gasteiger partial charge < -0.3 is 10.1 Å². The van der Waals surface area contributed by atoms with Crippen LogP contribution < -0.4 is 10.1 Å². The first-order valence-electron chi connectivity index (χ1n) is 9.24. The van der Waals surface area contributed by atoms with E-state index >= 15 is 0 Å². The number of rotatable bonds is 7. The summed E-state index contributed by atoms with van der Waals surface area (Å²) in [5.74, 6) is -2.08. The fourth-order valence-electron chi connectivity index (χ4n) is 2.80. The molecule has 3 aromatic rings. The van der Waals surface area contributed by atoms with E-state index in [9.17, 15) is 14.9 Å². The molecule has 0 aliphatic carbocycles. The van der Waals surface area contributed by atoms with Gasteiger partial charge in [-0.1, -0.05) is 48.2 Å². The maximum absolute atomic E-state index is 12.7. The summed E-state index contributed by atoms with van der Waals surface area (Å²) in [6.45, 7) is 2.04. The molecular formula is C24H20N2O3S. The lowest BCUT2D eigenvalue weighted by molar-refractivity contribution is -0.117. The number of hydrogen-bond acceptors (Lipinski definition) is 5. The first-order chi connectivity index (χ1) is 14.5. The Morgan fingerprint density at radius 3 is 2.43 bits per heavy atom. The van der Waals surface area contributed by atoms with Gasteiger partial charge in [0.1, 0.15) is 5.75 Å². The lowest BCUT2D eigenvalue weighted by Gasteiger charge is -2.11. The zero-order chi connectivity index (χ0) is 21.5. The molecule has 0 aliphatic heterocycles. The molecule has 6 heteroatoms. The summed E-state index contributed by atoms with van der Waals surface area (Å²) in [7, 11) is 1.52. The molecule has 0 radical (unpaired) electrons. The highest BCUT2D eigenvalue weighted by atomic mass is 32.2. The van der Waals surface area contributed by atoms with Gasteiger partial charge in [-0.3, -0.25) is 9.59 Å². The van der Waals surface area contributed by atoms with Crippen molar-refractivity contribution in [2.45, 2.75) is 16.7 Å². The quantitative estimate of drug-likeness (QED) is 0.427. The van der Waals surface area contributed by atoms with Gasteiger partial charge in [0.25, 0.3) is 0 Å². The van der Waals surface area contributed by atoms with Crippen LogP contribution in [0, 0.1) is 24.2 Å². The highest BCUT2D eigenvalue weighted by Crippen LogP contribution is 2.30. The van der Waals surface area contributed by atoms with Crippen molar-refractivity contribution >= 4 is 29.1 Å². The SMILES string of the molecule is COc1cccc(NC(=O)[C@@H](C#N)C(=O)c2ccc(Sc3ccccc3C)cc2)c1. The highest BCUT2D eigenvalue weighted by Gasteiger charge is 2.27. The van der Waals surface area contributed by atoms with E-state index in [1.165, 1.54) is 12.7 Å². The van der Waals surface area contributed by atoms with E-state index in [4.69, 9.17) is 4.74 Å². The second-order valence-electron chi connectivity index (χ2n) is 6.54. The maximum atomic E-state index is 12.7. The van der Waals surface area contributed by atoms with Crippen LogP contribution in [0.5, 0.6) is 5.75 Å². The minimum atomic E-state index is -1.44. The maximum Gasteiger partial charge on any atom is 0.249 e. The van der Waals surface area contributed by atoms with Crippen molar-refractivity contribution in [3.05, 3.63) is 83.9 Å². The molecule has 0 unspecified atom stereocenters. The van der Waals surface area contributed by atoms with E-state index in [2.05, 4.69) is 5.32 Å². The molecule has 0 saturated carbocycles. The second kappa shape index (κ2) is 9.77. The van der Waals surface area contributed by atoms with Gasteiger partial charge in [-0.25, -0.2) is 0 Å². The number of ether oxygens (including phenoxy) is 1. The van der Waals surface area contributed by atoms with Crippen LogP contribution in [-0.4, -0.2) is 18.8 Å². The molecule has 5 nitrogen and oxygen atoms in total. The lowest BCUT2D eigenvalue weighted by atomic mass is 9.98. The minimum Gasteiger partial charge on any atom is -0.497 e. The van der Waals surface area contributed by atoms with Crippen LogP contribution in [-0.2, 0) is 4.79 Å². The molecule has 30 heavy (non-hydrogen) atoms. The van der Waals surface area contributed by atoms with Crippen LogP contribution in [0.1, 0.15) is 15.9 Å². The van der Waals surface area contributed by atoms with Crippen molar-refractivity contribution in [3.63, 3.8) is 0 Å². The molecule has 0 aromatic heterocycles. The highest BCUT2D eigenvalue weighted by molar-refractivity contribution is 7.99. The van der Waals surface area contributed by atoms with Crippen LogP contribution in [0.25, 0.3) is 0 Å². The van der Waals surface area contributed by atoms with Crippen LogP contribution >= 0.6 is 11.8 Å². The lowest BCUT2D eigenvalue weighted by Crippen LogP contribution is -2.28. The molecule has 1 atom stereocenters. The smallest absolute Gasteiger partial charge is 0.249 e. The topological polar surface area (TPSA) is 79.2 Å². The normalized spacial score (nSPS) is 11.2. The molecule has 0 heterocycles. The summed E-state index contributed by atoms with van der Waals surface area (Å²) >= 11 is 1.59. The second-order valence-corrected chi connectivity index (χ2v) is 7.65. The van der Waals surface area contributed by atoms with Crippen molar-refractivity contribution in [1.29, 1.82) is 5.26 Å². The summed E-state index contributed by atoms with van der Waals surface area (Å²) in [5, 5.41) is 12.0. The Hall–Kier alpha value is -3.56. The summed E-state index contributed by atoms with van der Waals surface area (Å²) in [5.41, 5.74) is 1.94. The zero-order valence-electron chi connectivity index (χ0n) is 16.6. The molecule has 0 saturated heterocycles. The van der Waals surface area contributed by atoms with Gasteiger partial charge in [0, 0.05) is 27.1 Å². The monoisotopic (exact) mass is 416 g/mol. The minimum absolute atomic E-state index is 0.316. The number of benzene rings is 3. The van der Waals surface area contributed by atoms with Crippen molar-refractivity contribution in [2.24, 2.45) is 5.92 Å². The summed E-state index contributed by atoms with van der Waals surface area (Å²) in [6.07, 6.45) is 0. The number of Topliss-reactive ketones (excluding diaryl/α,β-unsaturated/α-hetero) is 1. The molecule has 0 bridgehead atoms. The molecule has 1 amide bonds. The Bertz CT molecular complexity index is 1100. The van der Waals surface area contributed by atoms with E-state index in [0.717, 1.165) is 9.79 Å². The van der Waals surface area contributed by atoms with Gasteiger partial charge in [0.15, 0.2) is 11.7 Å². The van der Waals surface area contributed by atoms with Crippen molar-refractivity contribution < 1.29 is 14.3 Å². The standard InChI is InChI=1S/C24H20N2O3S/c1-16-6-3-4-9-22(16)30-20-12-10-17(11-13-20)23(27)21(15-25)24(28)26-18-7-5-8-19(14-18)29-2/h3-14,21H,1-2H3,(H,26,28)/t21-/m0/s1. The first kappa shape index (κ1) is 21.2. The number of ketones is 1. The number of hydrogen-bond donors (Lipinski definition) is 1. The third kappa shape index (κ3) is 5.07. The number of carbonyl (C=O) groups is 2.